The zero-order chi connectivity index (χ0) is 19.7. The minimum atomic E-state index is -3.64. The van der Waals surface area contributed by atoms with E-state index in [1.54, 1.807) is 48.5 Å². The van der Waals surface area contributed by atoms with Gasteiger partial charge in [-0.05, 0) is 43.3 Å². The van der Waals surface area contributed by atoms with Gasteiger partial charge in [-0.2, -0.15) is 9.29 Å². The van der Waals surface area contributed by atoms with Crippen molar-refractivity contribution in [3.8, 4) is 17.1 Å². The molecule has 0 saturated carbocycles. The van der Waals surface area contributed by atoms with Gasteiger partial charge in [-0.3, -0.25) is 0 Å². The summed E-state index contributed by atoms with van der Waals surface area (Å²) in [4.78, 5) is 4.57. The summed E-state index contributed by atoms with van der Waals surface area (Å²) in [6.45, 7) is 2.78. The highest BCUT2D eigenvalue weighted by Crippen LogP contribution is 2.35. The third kappa shape index (κ3) is 3.50. The van der Waals surface area contributed by atoms with Crippen molar-refractivity contribution in [3.05, 3.63) is 59.4 Å². The quantitative estimate of drug-likeness (QED) is 0.607. The number of sulfonamides is 1. The number of hydrogen-bond acceptors (Lipinski definition) is 6. The predicted octanol–water partition coefficient (Wildman–Crippen LogP) is 3.58. The molecule has 0 amide bonds. The highest BCUT2D eigenvalue weighted by Gasteiger charge is 2.41. The zero-order valence-corrected chi connectivity index (χ0v) is 16.7. The first kappa shape index (κ1) is 18.9. The summed E-state index contributed by atoms with van der Waals surface area (Å²) in [7, 11) is -3.64. The van der Waals surface area contributed by atoms with Gasteiger partial charge in [0.2, 0.25) is 21.7 Å². The number of para-hydroxylation sites is 1. The molecule has 0 atom stereocenters. The molecule has 2 aromatic carbocycles. The molecule has 7 nitrogen and oxygen atoms in total. The first-order valence-corrected chi connectivity index (χ1v) is 10.6. The minimum absolute atomic E-state index is 0.136. The molecule has 1 aliphatic heterocycles. The van der Waals surface area contributed by atoms with Gasteiger partial charge in [0.05, 0.1) is 12.5 Å². The highest BCUT2D eigenvalue weighted by atomic mass is 35.5. The Morgan fingerprint density at radius 3 is 2.61 bits per heavy atom. The number of hydrogen-bond donors (Lipinski definition) is 0. The van der Waals surface area contributed by atoms with Crippen LogP contribution in [0.3, 0.4) is 0 Å². The van der Waals surface area contributed by atoms with Gasteiger partial charge in [-0.25, -0.2) is 8.42 Å². The number of rotatable bonds is 6. The molecule has 0 bridgehead atoms. The number of halogens is 1. The van der Waals surface area contributed by atoms with E-state index in [1.807, 2.05) is 6.92 Å². The van der Waals surface area contributed by atoms with Gasteiger partial charge in [-0.1, -0.05) is 28.9 Å². The summed E-state index contributed by atoms with van der Waals surface area (Å²) >= 11 is 5.89. The molecule has 28 heavy (non-hydrogen) atoms. The van der Waals surface area contributed by atoms with Crippen molar-refractivity contribution >= 4 is 21.6 Å². The second kappa shape index (κ2) is 7.54. The van der Waals surface area contributed by atoms with Crippen LogP contribution in [0.15, 0.2) is 57.9 Å². The van der Waals surface area contributed by atoms with E-state index < -0.39 is 10.0 Å². The molecule has 4 rings (SSSR count). The van der Waals surface area contributed by atoms with Crippen molar-refractivity contribution in [1.82, 2.24) is 14.4 Å². The molecule has 0 N–H and O–H groups in total. The van der Waals surface area contributed by atoms with Gasteiger partial charge in [0.15, 0.2) is 0 Å². The average Bonchev–Trinajstić information content (AvgIpc) is 3.11. The molecule has 0 spiro atoms. The van der Waals surface area contributed by atoms with Gasteiger partial charge >= 0.3 is 0 Å². The maximum absolute atomic E-state index is 12.9. The lowest BCUT2D eigenvalue weighted by Gasteiger charge is -2.36. The van der Waals surface area contributed by atoms with Crippen molar-refractivity contribution in [2.75, 3.05) is 19.7 Å². The van der Waals surface area contributed by atoms with E-state index in [1.165, 1.54) is 4.31 Å². The smallest absolute Gasteiger partial charge is 0.246 e. The summed E-state index contributed by atoms with van der Waals surface area (Å²) < 4.78 is 38.0. The Morgan fingerprint density at radius 1 is 1.18 bits per heavy atom. The van der Waals surface area contributed by atoms with Crippen molar-refractivity contribution < 1.29 is 17.7 Å². The van der Waals surface area contributed by atoms with Crippen LogP contribution >= 0.6 is 11.6 Å². The lowest BCUT2D eigenvalue weighted by Crippen LogP contribution is -2.48. The molecule has 9 heteroatoms. The van der Waals surface area contributed by atoms with Gasteiger partial charge < -0.3 is 9.26 Å². The fourth-order valence-electron chi connectivity index (χ4n) is 2.98. The summed E-state index contributed by atoms with van der Waals surface area (Å²) in [6, 6.07) is 13.8. The van der Waals surface area contributed by atoms with Gasteiger partial charge in [0.25, 0.3) is 0 Å². The number of nitrogens with zero attached hydrogens (tertiary/aromatic N) is 3. The second-order valence-electron chi connectivity index (χ2n) is 6.36. The van der Waals surface area contributed by atoms with Gasteiger partial charge in [0.1, 0.15) is 10.6 Å². The van der Waals surface area contributed by atoms with Crippen LogP contribution in [0.4, 0.5) is 0 Å². The molecule has 1 aliphatic rings. The van der Waals surface area contributed by atoms with E-state index in [9.17, 15) is 8.42 Å². The van der Waals surface area contributed by atoms with Crippen LogP contribution in [0.5, 0.6) is 5.75 Å². The molecule has 146 valence electrons. The molecule has 1 aromatic heterocycles. The van der Waals surface area contributed by atoms with Gasteiger partial charge in [-0.15, -0.1) is 0 Å². The lowest BCUT2D eigenvalue weighted by molar-refractivity contribution is 0.216. The summed E-state index contributed by atoms with van der Waals surface area (Å²) in [6.07, 6.45) is 0. The predicted molar refractivity (Wildman–Crippen MR) is 104 cm³/mol. The second-order valence-corrected chi connectivity index (χ2v) is 8.70. The number of benzene rings is 2. The molecule has 0 aliphatic carbocycles. The monoisotopic (exact) mass is 419 g/mol. The Hall–Kier alpha value is -2.42. The largest absolute Gasteiger partial charge is 0.492 e. The molecule has 3 aromatic rings. The first-order chi connectivity index (χ1) is 13.5. The van der Waals surface area contributed by atoms with Crippen LogP contribution < -0.4 is 4.74 Å². The van der Waals surface area contributed by atoms with E-state index in [0.717, 1.165) is 5.56 Å². The Kier molecular flexibility index (Phi) is 5.09. The van der Waals surface area contributed by atoms with Crippen molar-refractivity contribution in [2.24, 2.45) is 0 Å². The Morgan fingerprint density at radius 2 is 1.89 bits per heavy atom. The fraction of sp³-hybridized carbons (Fsp3) is 0.263. The maximum atomic E-state index is 12.9. The van der Waals surface area contributed by atoms with Crippen molar-refractivity contribution in [2.45, 2.75) is 17.7 Å². The number of aromatic nitrogens is 2. The van der Waals surface area contributed by atoms with Crippen LogP contribution in [0.1, 0.15) is 18.7 Å². The molecule has 1 saturated heterocycles. The zero-order valence-electron chi connectivity index (χ0n) is 15.1. The minimum Gasteiger partial charge on any atom is -0.492 e. The van der Waals surface area contributed by atoms with E-state index in [-0.39, 0.29) is 23.9 Å². The van der Waals surface area contributed by atoms with Crippen molar-refractivity contribution in [3.63, 3.8) is 0 Å². The molecule has 0 radical (unpaired) electrons. The van der Waals surface area contributed by atoms with E-state index in [2.05, 4.69) is 10.1 Å². The Labute approximate surface area is 167 Å². The molecular weight excluding hydrogens is 402 g/mol. The Bertz CT molecular complexity index is 1080. The third-order valence-corrected chi connectivity index (χ3v) is 6.63. The maximum Gasteiger partial charge on any atom is 0.246 e. The number of ether oxygens (including phenoxy) is 1. The highest BCUT2D eigenvalue weighted by molar-refractivity contribution is 7.89. The SMILES string of the molecule is CCOc1ccccc1S(=O)(=O)N1CC(c2nc(-c3ccc(Cl)cc3)no2)C1. The van der Waals surface area contributed by atoms with E-state index in [4.69, 9.17) is 20.9 Å². The molecule has 0 unspecified atom stereocenters. The Balaban J connectivity index is 1.48. The van der Waals surface area contributed by atoms with Gasteiger partial charge in [0, 0.05) is 23.7 Å². The summed E-state index contributed by atoms with van der Waals surface area (Å²) in [5, 5.41) is 4.61. The molecule has 1 fully saturated rings. The van der Waals surface area contributed by atoms with Crippen LogP contribution in [0.25, 0.3) is 11.4 Å². The topological polar surface area (TPSA) is 85.5 Å². The molecule has 2 heterocycles. The van der Waals surface area contributed by atoms with Crippen LogP contribution in [-0.4, -0.2) is 42.6 Å². The summed E-state index contributed by atoms with van der Waals surface area (Å²) in [5.41, 5.74) is 0.786. The fourth-order valence-corrected chi connectivity index (χ4v) is 4.77. The van der Waals surface area contributed by atoms with Crippen LogP contribution in [0, 0.1) is 0 Å². The summed E-state index contributed by atoms with van der Waals surface area (Å²) in [5.74, 6) is 1.10. The van der Waals surface area contributed by atoms with E-state index in [0.29, 0.717) is 29.1 Å². The first-order valence-electron chi connectivity index (χ1n) is 8.80. The van der Waals surface area contributed by atoms with Crippen molar-refractivity contribution in [1.29, 1.82) is 0 Å². The third-order valence-electron chi connectivity index (χ3n) is 4.51. The normalized spacial score (nSPS) is 15.4. The van der Waals surface area contributed by atoms with Crippen LogP contribution in [-0.2, 0) is 10.0 Å². The lowest BCUT2D eigenvalue weighted by atomic mass is 10.0. The van der Waals surface area contributed by atoms with E-state index >= 15 is 0 Å². The van der Waals surface area contributed by atoms with Crippen LogP contribution in [0.2, 0.25) is 5.02 Å². The average molecular weight is 420 g/mol. The molecular formula is C19H18ClN3O4S. The standard InChI is InChI=1S/C19H18ClN3O4S/c1-2-26-16-5-3-4-6-17(16)28(24,25)23-11-14(12-23)19-21-18(22-27-19)13-7-9-15(20)10-8-13/h3-10,14H,2,11-12H2,1H3.